The molecule has 0 spiro atoms. The van der Waals surface area contributed by atoms with Crippen molar-refractivity contribution in [1.82, 2.24) is 4.98 Å². The van der Waals surface area contributed by atoms with Crippen LogP contribution in [0.3, 0.4) is 0 Å². The average molecular weight is 267 g/mol. The first-order valence-electron chi connectivity index (χ1n) is 7.01. The largest absolute Gasteiger partial charge is 0.371 e. The molecule has 0 bridgehead atoms. The Balaban J connectivity index is 2.17. The van der Waals surface area contributed by atoms with E-state index in [0.717, 1.165) is 30.3 Å². The third-order valence-electron chi connectivity index (χ3n) is 4.01. The molecule has 2 rings (SSSR count). The van der Waals surface area contributed by atoms with Crippen LogP contribution >= 0.6 is 11.6 Å². The lowest BCUT2D eigenvalue weighted by Crippen LogP contribution is -2.25. The Labute approximate surface area is 115 Å². The van der Waals surface area contributed by atoms with Crippen molar-refractivity contribution in [3.63, 3.8) is 0 Å². The molecule has 1 atom stereocenters. The first-order valence-corrected chi connectivity index (χ1v) is 7.54. The fourth-order valence-electron chi connectivity index (χ4n) is 2.79. The Morgan fingerprint density at radius 1 is 1.39 bits per heavy atom. The SMILES string of the molecule is CCC1CCCN(c2cc(C)ncc2CCl)CC1. The molecule has 0 radical (unpaired) electrons. The molecule has 1 aliphatic rings. The first-order chi connectivity index (χ1) is 8.74. The summed E-state index contributed by atoms with van der Waals surface area (Å²) in [6, 6.07) is 2.18. The van der Waals surface area contributed by atoms with Crippen LogP contribution in [0.2, 0.25) is 0 Å². The van der Waals surface area contributed by atoms with E-state index in [1.807, 2.05) is 13.1 Å². The van der Waals surface area contributed by atoms with Crippen LogP contribution in [0.5, 0.6) is 0 Å². The van der Waals surface area contributed by atoms with Crippen molar-refractivity contribution in [2.24, 2.45) is 5.92 Å². The van der Waals surface area contributed by atoms with Crippen molar-refractivity contribution >= 4 is 17.3 Å². The van der Waals surface area contributed by atoms with E-state index in [0.29, 0.717) is 5.88 Å². The Hall–Kier alpha value is -0.760. The van der Waals surface area contributed by atoms with Crippen LogP contribution in [-0.4, -0.2) is 18.1 Å². The maximum atomic E-state index is 6.03. The van der Waals surface area contributed by atoms with E-state index < -0.39 is 0 Å². The van der Waals surface area contributed by atoms with Gasteiger partial charge in [0.1, 0.15) is 0 Å². The first kappa shape index (κ1) is 13.7. The fourth-order valence-corrected chi connectivity index (χ4v) is 2.99. The Bertz CT molecular complexity index is 392. The molecule has 1 unspecified atom stereocenters. The monoisotopic (exact) mass is 266 g/mol. The van der Waals surface area contributed by atoms with Gasteiger partial charge in [-0.25, -0.2) is 0 Å². The zero-order valence-corrected chi connectivity index (χ0v) is 12.2. The molecule has 100 valence electrons. The minimum atomic E-state index is 0.552. The number of pyridine rings is 1. The van der Waals surface area contributed by atoms with Gasteiger partial charge in [0.15, 0.2) is 0 Å². The molecule has 1 fully saturated rings. The lowest BCUT2D eigenvalue weighted by Gasteiger charge is -2.25. The van der Waals surface area contributed by atoms with Crippen molar-refractivity contribution in [2.75, 3.05) is 18.0 Å². The van der Waals surface area contributed by atoms with Crippen LogP contribution < -0.4 is 4.90 Å². The van der Waals surface area contributed by atoms with E-state index in [1.165, 1.54) is 31.4 Å². The Morgan fingerprint density at radius 3 is 2.94 bits per heavy atom. The molecular formula is C15H23ClN2. The third-order valence-corrected chi connectivity index (χ3v) is 4.30. The fraction of sp³-hybridized carbons (Fsp3) is 0.667. The topological polar surface area (TPSA) is 16.1 Å². The van der Waals surface area contributed by atoms with Gasteiger partial charge in [-0.15, -0.1) is 11.6 Å². The zero-order valence-electron chi connectivity index (χ0n) is 11.5. The van der Waals surface area contributed by atoms with E-state index in [-0.39, 0.29) is 0 Å². The normalized spacial score (nSPS) is 20.8. The van der Waals surface area contributed by atoms with Crippen LogP contribution in [0.1, 0.15) is 43.9 Å². The van der Waals surface area contributed by atoms with Gasteiger partial charge < -0.3 is 4.90 Å². The maximum absolute atomic E-state index is 6.03. The van der Waals surface area contributed by atoms with Gasteiger partial charge in [0.25, 0.3) is 0 Å². The number of alkyl halides is 1. The van der Waals surface area contributed by atoms with Gasteiger partial charge in [0, 0.05) is 36.2 Å². The Morgan fingerprint density at radius 2 is 2.22 bits per heavy atom. The van der Waals surface area contributed by atoms with E-state index in [9.17, 15) is 0 Å². The van der Waals surface area contributed by atoms with E-state index in [2.05, 4.69) is 22.9 Å². The van der Waals surface area contributed by atoms with Crippen LogP contribution in [-0.2, 0) is 5.88 Å². The number of anilines is 1. The molecule has 18 heavy (non-hydrogen) atoms. The van der Waals surface area contributed by atoms with Gasteiger partial charge in [-0.1, -0.05) is 13.3 Å². The van der Waals surface area contributed by atoms with Crippen molar-refractivity contribution in [2.45, 2.75) is 45.4 Å². The number of rotatable bonds is 3. The summed E-state index contributed by atoms with van der Waals surface area (Å²) in [7, 11) is 0. The van der Waals surface area contributed by atoms with Crippen molar-refractivity contribution in [3.8, 4) is 0 Å². The molecular weight excluding hydrogens is 244 g/mol. The third kappa shape index (κ3) is 3.17. The summed E-state index contributed by atoms with van der Waals surface area (Å²) >= 11 is 6.03. The average Bonchev–Trinajstić information content (AvgIpc) is 2.63. The van der Waals surface area contributed by atoms with E-state index in [4.69, 9.17) is 11.6 Å². The van der Waals surface area contributed by atoms with Crippen LogP contribution in [0.4, 0.5) is 5.69 Å². The highest BCUT2D eigenvalue weighted by molar-refractivity contribution is 6.17. The second kappa shape index (κ2) is 6.42. The molecule has 2 nitrogen and oxygen atoms in total. The molecule has 0 N–H and O–H groups in total. The summed E-state index contributed by atoms with van der Waals surface area (Å²) in [6.45, 7) is 6.67. The number of hydrogen-bond donors (Lipinski definition) is 0. The quantitative estimate of drug-likeness (QED) is 0.765. The molecule has 0 aromatic carbocycles. The molecule has 0 aliphatic carbocycles. The minimum Gasteiger partial charge on any atom is -0.371 e. The summed E-state index contributed by atoms with van der Waals surface area (Å²) in [5.74, 6) is 1.45. The number of aryl methyl sites for hydroxylation is 1. The van der Waals surface area contributed by atoms with E-state index >= 15 is 0 Å². The summed E-state index contributed by atoms with van der Waals surface area (Å²) in [5, 5.41) is 0. The predicted molar refractivity (Wildman–Crippen MR) is 78.4 cm³/mol. The molecule has 1 saturated heterocycles. The summed E-state index contributed by atoms with van der Waals surface area (Å²) < 4.78 is 0. The lowest BCUT2D eigenvalue weighted by atomic mass is 9.98. The maximum Gasteiger partial charge on any atom is 0.0509 e. The smallest absolute Gasteiger partial charge is 0.0509 e. The summed E-state index contributed by atoms with van der Waals surface area (Å²) in [5.41, 5.74) is 3.54. The Kier molecular flexibility index (Phi) is 4.87. The van der Waals surface area contributed by atoms with Gasteiger partial charge in [-0.3, -0.25) is 4.98 Å². The molecule has 0 amide bonds. The molecule has 0 saturated carbocycles. The molecule has 1 aliphatic heterocycles. The molecule has 1 aromatic rings. The highest BCUT2D eigenvalue weighted by Gasteiger charge is 2.18. The van der Waals surface area contributed by atoms with Gasteiger partial charge in [-0.2, -0.15) is 0 Å². The second-order valence-corrected chi connectivity index (χ2v) is 5.55. The van der Waals surface area contributed by atoms with Gasteiger partial charge in [-0.05, 0) is 38.2 Å². The van der Waals surface area contributed by atoms with Crippen molar-refractivity contribution in [1.29, 1.82) is 0 Å². The number of halogens is 1. The van der Waals surface area contributed by atoms with Crippen LogP contribution in [0, 0.1) is 12.8 Å². The van der Waals surface area contributed by atoms with E-state index in [1.54, 1.807) is 0 Å². The number of nitrogens with zero attached hydrogens (tertiary/aromatic N) is 2. The number of aromatic nitrogens is 1. The molecule has 3 heteroatoms. The van der Waals surface area contributed by atoms with Gasteiger partial charge in [0.05, 0.1) is 5.88 Å². The highest BCUT2D eigenvalue weighted by atomic mass is 35.5. The standard InChI is InChI=1S/C15H23ClN2/c1-3-13-5-4-7-18(8-6-13)15-9-12(2)17-11-14(15)10-16/h9,11,13H,3-8,10H2,1-2H3. The van der Waals surface area contributed by atoms with Gasteiger partial charge in [0.2, 0.25) is 0 Å². The second-order valence-electron chi connectivity index (χ2n) is 5.28. The van der Waals surface area contributed by atoms with Crippen molar-refractivity contribution < 1.29 is 0 Å². The minimum absolute atomic E-state index is 0.552. The number of hydrogen-bond acceptors (Lipinski definition) is 2. The molecule has 1 aromatic heterocycles. The predicted octanol–water partition coefficient (Wildman–Crippen LogP) is 4.15. The van der Waals surface area contributed by atoms with Crippen LogP contribution in [0.25, 0.3) is 0 Å². The zero-order chi connectivity index (χ0) is 13.0. The summed E-state index contributed by atoms with van der Waals surface area (Å²) in [6.07, 6.45) is 7.21. The summed E-state index contributed by atoms with van der Waals surface area (Å²) in [4.78, 5) is 6.85. The van der Waals surface area contributed by atoms with Gasteiger partial charge >= 0.3 is 0 Å². The lowest BCUT2D eigenvalue weighted by molar-refractivity contribution is 0.459. The van der Waals surface area contributed by atoms with Crippen LogP contribution in [0.15, 0.2) is 12.3 Å². The van der Waals surface area contributed by atoms with Crippen molar-refractivity contribution in [3.05, 3.63) is 23.5 Å². The highest BCUT2D eigenvalue weighted by Crippen LogP contribution is 2.28. The molecule has 2 heterocycles.